The Labute approximate surface area is 174 Å². The highest BCUT2D eigenvalue weighted by Crippen LogP contribution is 2.39. The van der Waals surface area contributed by atoms with Crippen molar-refractivity contribution >= 4 is 11.3 Å². The average Bonchev–Trinajstić information content (AvgIpc) is 3.45. The van der Waals surface area contributed by atoms with E-state index in [9.17, 15) is 0 Å². The Morgan fingerprint density at radius 3 is 2.38 bits per heavy atom. The third-order valence-electron chi connectivity index (χ3n) is 5.28. The molecule has 4 rings (SSSR count). The van der Waals surface area contributed by atoms with E-state index < -0.39 is 0 Å². The van der Waals surface area contributed by atoms with E-state index in [4.69, 9.17) is 18.6 Å². The topological polar surface area (TPSA) is 69.9 Å². The van der Waals surface area contributed by atoms with E-state index in [1.54, 1.807) is 32.7 Å². The summed E-state index contributed by atoms with van der Waals surface area (Å²) >= 11 is 1.63. The van der Waals surface area contributed by atoms with Crippen molar-refractivity contribution in [3.8, 4) is 28.7 Å². The summed E-state index contributed by atoms with van der Waals surface area (Å²) in [5.74, 6) is 3.66. The van der Waals surface area contributed by atoms with Gasteiger partial charge in [-0.3, -0.25) is 4.90 Å². The van der Waals surface area contributed by atoms with E-state index >= 15 is 0 Å². The highest BCUT2D eigenvalue weighted by molar-refractivity contribution is 7.08. The molecule has 1 aromatic carbocycles. The number of hydrogen-bond acceptors (Lipinski definition) is 8. The maximum atomic E-state index is 5.93. The molecule has 0 unspecified atom stereocenters. The number of piperidine rings is 1. The monoisotopic (exact) mass is 415 g/mol. The van der Waals surface area contributed by atoms with Gasteiger partial charge in [-0.2, -0.15) is 11.3 Å². The van der Waals surface area contributed by atoms with Crippen molar-refractivity contribution in [2.75, 3.05) is 34.4 Å². The van der Waals surface area contributed by atoms with Gasteiger partial charge in [0.2, 0.25) is 17.5 Å². The fraction of sp³-hybridized carbons (Fsp3) is 0.429. The lowest BCUT2D eigenvalue weighted by molar-refractivity contribution is 0.192. The van der Waals surface area contributed by atoms with Gasteiger partial charge in [0.25, 0.3) is 0 Å². The lowest BCUT2D eigenvalue weighted by atomic mass is 9.96. The maximum Gasteiger partial charge on any atom is 0.248 e. The van der Waals surface area contributed by atoms with Crippen LogP contribution in [-0.2, 0) is 6.54 Å². The van der Waals surface area contributed by atoms with Crippen LogP contribution in [0.1, 0.15) is 30.2 Å². The second-order valence-electron chi connectivity index (χ2n) is 7.04. The molecule has 8 heteroatoms. The number of nitrogens with zero attached hydrogens (tertiary/aromatic N) is 3. The summed E-state index contributed by atoms with van der Waals surface area (Å²) in [5.41, 5.74) is 2.13. The van der Waals surface area contributed by atoms with Crippen LogP contribution in [0.25, 0.3) is 11.5 Å². The normalized spacial score (nSPS) is 15.4. The molecule has 0 radical (unpaired) electrons. The first-order valence-electron chi connectivity index (χ1n) is 9.59. The molecule has 3 aromatic rings. The van der Waals surface area contributed by atoms with Crippen molar-refractivity contribution in [1.29, 1.82) is 0 Å². The zero-order valence-electron chi connectivity index (χ0n) is 16.9. The van der Waals surface area contributed by atoms with Crippen LogP contribution in [0.4, 0.5) is 0 Å². The molecule has 1 saturated heterocycles. The fourth-order valence-corrected chi connectivity index (χ4v) is 4.36. The van der Waals surface area contributed by atoms with Crippen LogP contribution in [0, 0.1) is 0 Å². The van der Waals surface area contributed by atoms with E-state index in [2.05, 4.69) is 15.1 Å². The summed E-state index contributed by atoms with van der Waals surface area (Å²) in [6.07, 6.45) is 1.99. The Bertz CT molecular complexity index is 908. The number of thiophene rings is 1. The number of methoxy groups -OCH3 is 3. The second kappa shape index (κ2) is 8.84. The molecule has 0 amide bonds. The predicted octanol–water partition coefficient (Wildman–Crippen LogP) is 4.20. The van der Waals surface area contributed by atoms with Gasteiger partial charge in [-0.1, -0.05) is 0 Å². The number of likely N-dealkylation sites (tertiary alicyclic amines) is 1. The van der Waals surface area contributed by atoms with Gasteiger partial charge in [-0.05, 0) is 55.1 Å². The molecule has 2 aromatic heterocycles. The maximum absolute atomic E-state index is 5.93. The standard InChI is InChI=1S/C21H25N3O4S/c1-25-17-10-14(11-18(26-2)19(17)27-3)12-24-7-4-15(5-8-24)20-22-23-21(28-20)16-6-9-29-13-16/h6,9-11,13,15H,4-5,7-8,12H2,1-3H3. The Morgan fingerprint density at radius 1 is 1.07 bits per heavy atom. The molecule has 29 heavy (non-hydrogen) atoms. The van der Waals surface area contributed by atoms with E-state index in [0.29, 0.717) is 29.1 Å². The first-order chi connectivity index (χ1) is 14.2. The zero-order chi connectivity index (χ0) is 20.2. The van der Waals surface area contributed by atoms with Crippen LogP contribution in [0.2, 0.25) is 0 Å². The molecule has 3 heterocycles. The predicted molar refractivity (Wildman–Crippen MR) is 111 cm³/mol. The summed E-state index contributed by atoms with van der Waals surface area (Å²) in [6.45, 7) is 2.77. The number of rotatable bonds is 7. The SMILES string of the molecule is COc1cc(CN2CCC(c3nnc(-c4ccsc4)o3)CC2)cc(OC)c1OC. The molecule has 0 spiro atoms. The molecule has 7 nitrogen and oxygen atoms in total. The number of ether oxygens (including phenoxy) is 3. The minimum Gasteiger partial charge on any atom is -0.493 e. The minimum absolute atomic E-state index is 0.311. The van der Waals surface area contributed by atoms with Crippen molar-refractivity contribution in [2.24, 2.45) is 0 Å². The van der Waals surface area contributed by atoms with Crippen LogP contribution in [0.3, 0.4) is 0 Å². The lowest BCUT2D eigenvalue weighted by Gasteiger charge is -2.30. The number of aromatic nitrogens is 2. The first kappa shape index (κ1) is 19.7. The number of benzene rings is 1. The fourth-order valence-electron chi connectivity index (χ4n) is 3.73. The largest absolute Gasteiger partial charge is 0.493 e. The lowest BCUT2D eigenvalue weighted by Crippen LogP contribution is -2.32. The summed E-state index contributed by atoms with van der Waals surface area (Å²) in [5, 5.41) is 12.5. The van der Waals surface area contributed by atoms with Crippen molar-refractivity contribution in [3.63, 3.8) is 0 Å². The van der Waals surface area contributed by atoms with Gasteiger partial charge in [0.1, 0.15) is 0 Å². The molecular formula is C21H25N3O4S. The number of hydrogen-bond donors (Lipinski definition) is 0. The van der Waals surface area contributed by atoms with Gasteiger partial charge in [-0.15, -0.1) is 10.2 Å². The summed E-state index contributed by atoms with van der Waals surface area (Å²) in [6, 6.07) is 6.03. The summed E-state index contributed by atoms with van der Waals surface area (Å²) in [4.78, 5) is 2.42. The Hall–Kier alpha value is -2.58. The van der Waals surface area contributed by atoms with Crippen molar-refractivity contribution in [3.05, 3.63) is 40.4 Å². The minimum atomic E-state index is 0.311. The Kier molecular flexibility index (Phi) is 6.01. The van der Waals surface area contributed by atoms with Gasteiger partial charge in [0.15, 0.2) is 11.5 Å². The molecule has 154 valence electrons. The molecule has 0 saturated carbocycles. The molecular weight excluding hydrogens is 390 g/mol. The van der Waals surface area contributed by atoms with E-state index in [1.807, 2.05) is 29.0 Å². The Balaban J connectivity index is 1.39. The molecule has 0 bridgehead atoms. The molecule has 0 aliphatic carbocycles. The average molecular weight is 416 g/mol. The van der Waals surface area contributed by atoms with Crippen LogP contribution < -0.4 is 14.2 Å². The van der Waals surface area contributed by atoms with Crippen LogP contribution in [0.15, 0.2) is 33.4 Å². The molecule has 1 aliphatic rings. The van der Waals surface area contributed by atoms with Crippen LogP contribution in [-0.4, -0.2) is 49.5 Å². The third-order valence-corrected chi connectivity index (χ3v) is 5.96. The van der Waals surface area contributed by atoms with Crippen molar-refractivity contribution in [1.82, 2.24) is 15.1 Å². The van der Waals surface area contributed by atoms with Gasteiger partial charge >= 0.3 is 0 Å². The van der Waals surface area contributed by atoms with E-state index in [1.165, 1.54) is 0 Å². The van der Waals surface area contributed by atoms with Gasteiger partial charge in [0, 0.05) is 23.4 Å². The van der Waals surface area contributed by atoms with E-state index in [-0.39, 0.29) is 0 Å². The van der Waals surface area contributed by atoms with Gasteiger partial charge < -0.3 is 18.6 Å². The van der Waals surface area contributed by atoms with Gasteiger partial charge in [0.05, 0.1) is 21.3 Å². The summed E-state index contributed by atoms with van der Waals surface area (Å²) in [7, 11) is 4.90. The molecule has 0 atom stereocenters. The van der Waals surface area contributed by atoms with Crippen molar-refractivity contribution < 1.29 is 18.6 Å². The highest BCUT2D eigenvalue weighted by Gasteiger charge is 2.26. The molecule has 0 N–H and O–H groups in total. The molecule has 1 fully saturated rings. The summed E-state index contributed by atoms with van der Waals surface area (Å²) < 4.78 is 22.3. The smallest absolute Gasteiger partial charge is 0.248 e. The highest BCUT2D eigenvalue weighted by atomic mass is 32.1. The van der Waals surface area contributed by atoms with Gasteiger partial charge in [-0.25, -0.2) is 0 Å². The second-order valence-corrected chi connectivity index (χ2v) is 7.82. The first-order valence-corrected chi connectivity index (χ1v) is 10.5. The zero-order valence-corrected chi connectivity index (χ0v) is 17.7. The van der Waals surface area contributed by atoms with Crippen LogP contribution in [0.5, 0.6) is 17.2 Å². The quantitative estimate of drug-likeness (QED) is 0.573. The Morgan fingerprint density at radius 2 is 1.79 bits per heavy atom. The third kappa shape index (κ3) is 4.23. The van der Waals surface area contributed by atoms with E-state index in [0.717, 1.165) is 49.5 Å². The van der Waals surface area contributed by atoms with Crippen LogP contribution >= 0.6 is 11.3 Å². The van der Waals surface area contributed by atoms with Crippen molar-refractivity contribution in [2.45, 2.75) is 25.3 Å². The molecule has 1 aliphatic heterocycles.